The molecule has 6 heteroatoms. The molecule has 0 aliphatic carbocycles. The van der Waals surface area contributed by atoms with Gasteiger partial charge in [0.25, 0.3) is 6.43 Å². The van der Waals surface area contributed by atoms with Crippen LogP contribution >= 0.6 is 0 Å². The Bertz CT molecular complexity index is 285. The Kier molecular flexibility index (Phi) is 5.97. The minimum absolute atomic E-state index is 0.168. The molecule has 1 saturated heterocycles. The maximum absolute atomic E-state index is 12.7. The van der Waals surface area contributed by atoms with Crippen molar-refractivity contribution in [3.8, 4) is 0 Å². The molecule has 19 heavy (non-hydrogen) atoms. The highest BCUT2D eigenvalue weighted by molar-refractivity contribution is 5.68. The fourth-order valence-electron chi connectivity index (χ4n) is 2.15. The molecular weight excluding hydrogens is 254 g/mol. The first-order valence-corrected chi connectivity index (χ1v) is 6.78. The number of alkyl halides is 2. The molecule has 1 aliphatic heterocycles. The number of rotatable bonds is 3. The van der Waals surface area contributed by atoms with Crippen molar-refractivity contribution < 1.29 is 18.3 Å². The van der Waals surface area contributed by atoms with Crippen molar-refractivity contribution in [2.45, 2.75) is 58.1 Å². The Morgan fingerprint density at radius 3 is 2.63 bits per heavy atom. The summed E-state index contributed by atoms with van der Waals surface area (Å²) in [6.07, 6.45) is -0.874. The van der Waals surface area contributed by atoms with Crippen LogP contribution in [0.15, 0.2) is 0 Å². The highest BCUT2D eigenvalue weighted by Crippen LogP contribution is 2.19. The number of nitrogens with one attached hydrogen (secondary N) is 1. The van der Waals surface area contributed by atoms with Gasteiger partial charge in [-0.2, -0.15) is 0 Å². The van der Waals surface area contributed by atoms with E-state index < -0.39 is 24.7 Å². The number of amides is 1. The zero-order valence-electron chi connectivity index (χ0n) is 11.9. The summed E-state index contributed by atoms with van der Waals surface area (Å²) >= 11 is 0. The topological polar surface area (TPSA) is 41.6 Å². The van der Waals surface area contributed by atoms with Crippen molar-refractivity contribution in [2.24, 2.45) is 0 Å². The number of ether oxygens (including phenoxy) is 1. The highest BCUT2D eigenvalue weighted by Gasteiger charge is 2.30. The Hall–Kier alpha value is -0.910. The van der Waals surface area contributed by atoms with Crippen LogP contribution in [0.3, 0.4) is 0 Å². The molecule has 1 amide bonds. The predicted octanol–water partition coefficient (Wildman–Crippen LogP) is 2.63. The molecule has 0 radical (unpaired) electrons. The van der Waals surface area contributed by atoms with Gasteiger partial charge >= 0.3 is 6.09 Å². The van der Waals surface area contributed by atoms with Gasteiger partial charge in [-0.25, -0.2) is 13.6 Å². The van der Waals surface area contributed by atoms with Crippen LogP contribution in [0.1, 0.15) is 40.0 Å². The Labute approximate surface area is 113 Å². The highest BCUT2D eigenvalue weighted by atomic mass is 19.3. The summed E-state index contributed by atoms with van der Waals surface area (Å²) in [5.41, 5.74) is -0.666. The van der Waals surface area contributed by atoms with Crippen LogP contribution in [0.4, 0.5) is 13.6 Å². The zero-order valence-corrected chi connectivity index (χ0v) is 11.9. The van der Waals surface area contributed by atoms with E-state index in [1.54, 1.807) is 20.8 Å². The molecule has 1 atom stereocenters. The summed E-state index contributed by atoms with van der Waals surface area (Å²) in [5, 5.41) is 3.21. The molecule has 1 heterocycles. The second-order valence-corrected chi connectivity index (χ2v) is 5.86. The van der Waals surface area contributed by atoms with Crippen molar-refractivity contribution in [1.29, 1.82) is 0 Å². The maximum Gasteiger partial charge on any atom is 0.410 e. The van der Waals surface area contributed by atoms with E-state index >= 15 is 0 Å². The molecule has 112 valence electrons. The van der Waals surface area contributed by atoms with E-state index in [2.05, 4.69) is 5.32 Å². The predicted molar refractivity (Wildman–Crippen MR) is 69.5 cm³/mol. The molecule has 1 fully saturated rings. The van der Waals surface area contributed by atoms with E-state index in [1.807, 2.05) is 0 Å². The molecular formula is C13H24F2N2O2. The van der Waals surface area contributed by atoms with Gasteiger partial charge in [0.05, 0.1) is 6.54 Å². The largest absolute Gasteiger partial charge is 0.444 e. The van der Waals surface area contributed by atoms with E-state index in [1.165, 1.54) is 4.90 Å². The minimum atomic E-state index is -2.54. The summed E-state index contributed by atoms with van der Waals surface area (Å²) in [5.74, 6) is 0. The Morgan fingerprint density at radius 1 is 1.37 bits per heavy atom. The summed E-state index contributed by atoms with van der Waals surface area (Å²) in [7, 11) is 0. The first kappa shape index (κ1) is 16.1. The van der Waals surface area contributed by atoms with E-state index in [0.29, 0.717) is 6.42 Å². The van der Waals surface area contributed by atoms with Gasteiger partial charge in [-0.05, 0) is 53.1 Å². The summed E-state index contributed by atoms with van der Waals surface area (Å²) < 4.78 is 30.6. The van der Waals surface area contributed by atoms with Crippen LogP contribution < -0.4 is 5.32 Å². The van der Waals surface area contributed by atoms with Crippen molar-refractivity contribution in [3.05, 3.63) is 0 Å². The lowest BCUT2D eigenvalue weighted by Crippen LogP contribution is -2.46. The van der Waals surface area contributed by atoms with Gasteiger partial charge in [-0.15, -0.1) is 0 Å². The third kappa shape index (κ3) is 6.18. The number of nitrogens with zero attached hydrogens (tertiary/aromatic N) is 1. The van der Waals surface area contributed by atoms with Crippen LogP contribution in [0.25, 0.3) is 0 Å². The molecule has 0 aromatic carbocycles. The maximum atomic E-state index is 12.7. The van der Waals surface area contributed by atoms with Crippen LogP contribution in [-0.2, 0) is 4.74 Å². The van der Waals surface area contributed by atoms with Crippen LogP contribution in [0.5, 0.6) is 0 Å². The molecule has 1 aliphatic rings. The normalized spacial score (nSPS) is 21.1. The van der Waals surface area contributed by atoms with Gasteiger partial charge in [-0.1, -0.05) is 0 Å². The van der Waals surface area contributed by atoms with Crippen LogP contribution in [0, 0.1) is 0 Å². The average molecular weight is 278 g/mol. The smallest absolute Gasteiger partial charge is 0.410 e. The number of hydrogen-bond acceptors (Lipinski definition) is 3. The minimum Gasteiger partial charge on any atom is -0.444 e. The van der Waals surface area contributed by atoms with Gasteiger partial charge in [0.1, 0.15) is 5.60 Å². The van der Waals surface area contributed by atoms with Gasteiger partial charge in [0.2, 0.25) is 0 Å². The molecule has 0 saturated carbocycles. The molecule has 0 bridgehead atoms. The van der Waals surface area contributed by atoms with E-state index in [-0.39, 0.29) is 6.04 Å². The van der Waals surface area contributed by atoms with E-state index in [0.717, 1.165) is 25.9 Å². The van der Waals surface area contributed by atoms with Gasteiger partial charge in [-0.3, -0.25) is 4.90 Å². The van der Waals surface area contributed by atoms with Crippen LogP contribution in [0.2, 0.25) is 0 Å². The molecule has 0 spiro atoms. The SMILES string of the molecule is CC(C)(C)OC(=O)N(CC(F)F)C1CCCNCC1. The lowest BCUT2D eigenvalue weighted by atomic mass is 10.1. The van der Waals surface area contributed by atoms with E-state index in [9.17, 15) is 13.6 Å². The molecule has 1 unspecified atom stereocenters. The first-order valence-electron chi connectivity index (χ1n) is 6.78. The number of carbonyl (C=O) groups is 1. The van der Waals surface area contributed by atoms with Crippen molar-refractivity contribution >= 4 is 6.09 Å². The molecule has 0 aromatic heterocycles. The Balaban J connectivity index is 2.71. The number of hydrogen-bond donors (Lipinski definition) is 1. The van der Waals surface area contributed by atoms with E-state index in [4.69, 9.17) is 4.74 Å². The number of halogens is 2. The van der Waals surface area contributed by atoms with Crippen molar-refractivity contribution in [3.63, 3.8) is 0 Å². The molecule has 0 aromatic rings. The first-order chi connectivity index (χ1) is 8.79. The quantitative estimate of drug-likeness (QED) is 0.863. The Morgan fingerprint density at radius 2 is 2.05 bits per heavy atom. The monoisotopic (exact) mass is 278 g/mol. The van der Waals surface area contributed by atoms with Crippen molar-refractivity contribution in [2.75, 3.05) is 19.6 Å². The lowest BCUT2D eigenvalue weighted by Gasteiger charge is -2.32. The zero-order chi connectivity index (χ0) is 14.5. The standard InChI is InChI=1S/C13H24F2N2O2/c1-13(2,3)19-12(18)17(9-11(14)15)10-5-4-7-16-8-6-10/h10-11,16H,4-9H2,1-3H3. The molecule has 1 rings (SSSR count). The van der Waals surface area contributed by atoms with Crippen LogP contribution in [-0.4, -0.2) is 48.7 Å². The van der Waals surface area contributed by atoms with Crippen molar-refractivity contribution in [1.82, 2.24) is 10.2 Å². The second kappa shape index (κ2) is 7.03. The summed E-state index contributed by atoms with van der Waals surface area (Å²) in [6.45, 7) is 6.26. The molecule has 1 N–H and O–H groups in total. The third-order valence-electron chi connectivity index (χ3n) is 2.95. The van der Waals surface area contributed by atoms with Gasteiger partial charge < -0.3 is 10.1 Å². The second-order valence-electron chi connectivity index (χ2n) is 5.86. The number of carbonyl (C=O) groups excluding carboxylic acids is 1. The summed E-state index contributed by atoms with van der Waals surface area (Å²) in [4.78, 5) is 13.3. The fourth-order valence-corrected chi connectivity index (χ4v) is 2.15. The average Bonchev–Trinajstić information content (AvgIpc) is 2.51. The van der Waals surface area contributed by atoms with Gasteiger partial charge in [0.15, 0.2) is 0 Å². The lowest BCUT2D eigenvalue weighted by molar-refractivity contribution is -0.00246. The third-order valence-corrected chi connectivity index (χ3v) is 2.95. The molecule has 4 nitrogen and oxygen atoms in total. The fraction of sp³-hybridized carbons (Fsp3) is 0.923. The van der Waals surface area contributed by atoms with Gasteiger partial charge in [0, 0.05) is 6.04 Å². The summed E-state index contributed by atoms with van der Waals surface area (Å²) in [6, 6.07) is -0.168.